The number of pyridine rings is 1. The lowest BCUT2D eigenvalue weighted by Crippen LogP contribution is -2.33. The van der Waals surface area contributed by atoms with Crippen molar-refractivity contribution in [3.63, 3.8) is 0 Å². The van der Waals surface area contributed by atoms with Gasteiger partial charge in [0, 0.05) is 37.6 Å². The predicted molar refractivity (Wildman–Crippen MR) is 90.9 cm³/mol. The van der Waals surface area contributed by atoms with Crippen molar-refractivity contribution in [1.82, 2.24) is 10.3 Å². The van der Waals surface area contributed by atoms with Gasteiger partial charge in [-0.15, -0.1) is 0 Å². The highest BCUT2D eigenvalue weighted by atomic mass is 32.2. The molecule has 0 saturated carbocycles. The first-order chi connectivity index (χ1) is 10.5. The highest BCUT2D eigenvalue weighted by molar-refractivity contribution is 7.91. The lowest BCUT2D eigenvalue weighted by molar-refractivity contribution is 0.556. The van der Waals surface area contributed by atoms with Crippen LogP contribution in [0.25, 0.3) is 0 Å². The normalized spacial score (nSPS) is 17.5. The summed E-state index contributed by atoms with van der Waals surface area (Å²) >= 11 is 0. The fourth-order valence-electron chi connectivity index (χ4n) is 2.72. The van der Waals surface area contributed by atoms with E-state index in [1.54, 1.807) is 6.92 Å². The Balaban J connectivity index is 1.90. The molecule has 0 radical (unpaired) electrons. The van der Waals surface area contributed by atoms with E-state index in [2.05, 4.69) is 21.3 Å². The van der Waals surface area contributed by atoms with E-state index in [1.165, 1.54) is 19.3 Å². The van der Waals surface area contributed by atoms with Crippen LogP contribution in [-0.4, -0.2) is 44.0 Å². The van der Waals surface area contributed by atoms with Crippen LogP contribution < -0.4 is 10.2 Å². The van der Waals surface area contributed by atoms with Crippen molar-refractivity contribution in [3.05, 3.63) is 23.9 Å². The van der Waals surface area contributed by atoms with Crippen LogP contribution >= 0.6 is 0 Å². The second kappa shape index (κ2) is 7.92. The lowest BCUT2D eigenvalue weighted by Gasteiger charge is -2.28. The number of hydrogen-bond donors (Lipinski definition) is 1. The Kier molecular flexibility index (Phi) is 6.20. The molecule has 1 saturated heterocycles. The van der Waals surface area contributed by atoms with Crippen molar-refractivity contribution in [3.8, 4) is 0 Å². The Morgan fingerprint density at radius 1 is 1.32 bits per heavy atom. The first-order valence-corrected chi connectivity index (χ1v) is 9.96. The fourth-order valence-corrected chi connectivity index (χ4v) is 3.83. The molecule has 6 heteroatoms. The summed E-state index contributed by atoms with van der Waals surface area (Å²) in [5, 5.41) is 3.29. The van der Waals surface area contributed by atoms with Gasteiger partial charge in [-0.3, -0.25) is 0 Å². The summed E-state index contributed by atoms with van der Waals surface area (Å²) < 4.78 is 23.3. The van der Waals surface area contributed by atoms with Crippen molar-refractivity contribution in [2.45, 2.75) is 45.7 Å². The van der Waals surface area contributed by atoms with E-state index >= 15 is 0 Å². The highest BCUT2D eigenvalue weighted by Crippen LogP contribution is 2.18. The van der Waals surface area contributed by atoms with Crippen LogP contribution in [0.1, 0.15) is 38.7 Å². The number of rotatable bonds is 7. The SMILES string of the molecule is CCS(=O)(=O)C[C@H](C)NCc1ccnc(N2CCCCC2)c1. The van der Waals surface area contributed by atoms with Crippen LogP contribution in [0.15, 0.2) is 18.3 Å². The molecule has 1 aliphatic rings. The Morgan fingerprint density at radius 3 is 2.73 bits per heavy atom. The van der Waals surface area contributed by atoms with Gasteiger partial charge in [0.2, 0.25) is 0 Å². The average molecular weight is 325 g/mol. The number of nitrogens with one attached hydrogen (secondary N) is 1. The summed E-state index contributed by atoms with van der Waals surface area (Å²) in [6, 6.07) is 4.05. The van der Waals surface area contributed by atoms with Gasteiger partial charge in [-0.05, 0) is 43.9 Å². The van der Waals surface area contributed by atoms with Gasteiger partial charge >= 0.3 is 0 Å². The Morgan fingerprint density at radius 2 is 2.05 bits per heavy atom. The van der Waals surface area contributed by atoms with Gasteiger partial charge in [0.05, 0.1) is 5.75 Å². The average Bonchev–Trinajstić information content (AvgIpc) is 2.54. The van der Waals surface area contributed by atoms with Crippen LogP contribution in [0.3, 0.4) is 0 Å². The topological polar surface area (TPSA) is 62.3 Å². The third-order valence-corrected chi connectivity index (χ3v) is 5.98. The van der Waals surface area contributed by atoms with E-state index in [4.69, 9.17) is 0 Å². The molecule has 124 valence electrons. The maximum absolute atomic E-state index is 11.6. The number of hydrogen-bond acceptors (Lipinski definition) is 5. The second-order valence-corrected chi connectivity index (χ2v) is 8.45. The van der Waals surface area contributed by atoms with Gasteiger partial charge in [-0.25, -0.2) is 13.4 Å². The Labute approximate surface area is 134 Å². The smallest absolute Gasteiger partial charge is 0.151 e. The summed E-state index contributed by atoms with van der Waals surface area (Å²) in [7, 11) is -2.93. The second-order valence-electron chi connectivity index (χ2n) is 6.05. The van der Waals surface area contributed by atoms with Gasteiger partial charge in [-0.2, -0.15) is 0 Å². The summed E-state index contributed by atoms with van der Waals surface area (Å²) in [5.41, 5.74) is 1.15. The monoisotopic (exact) mass is 325 g/mol. The van der Waals surface area contributed by atoms with Crippen LogP contribution in [-0.2, 0) is 16.4 Å². The molecule has 0 spiro atoms. The number of piperidine rings is 1. The summed E-state index contributed by atoms with van der Waals surface area (Å²) in [6.07, 6.45) is 5.61. The molecule has 22 heavy (non-hydrogen) atoms. The first kappa shape index (κ1) is 17.2. The van der Waals surface area contributed by atoms with E-state index in [0.717, 1.165) is 24.5 Å². The van der Waals surface area contributed by atoms with Crippen molar-refractivity contribution < 1.29 is 8.42 Å². The van der Waals surface area contributed by atoms with Crippen LogP contribution in [0, 0.1) is 0 Å². The van der Waals surface area contributed by atoms with Gasteiger partial charge in [0.25, 0.3) is 0 Å². The minimum absolute atomic E-state index is 0.0449. The Bertz CT molecular complexity index is 569. The third kappa shape index (κ3) is 5.25. The molecule has 1 fully saturated rings. The third-order valence-electron chi connectivity index (χ3n) is 4.09. The molecule has 5 nitrogen and oxygen atoms in total. The molecule has 1 N–H and O–H groups in total. The van der Waals surface area contributed by atoms with Gasteiger partial charge in [0.15, 0.2) is 9.84 Å². The van der Waals surface area contributed by atoms with Gasteiger partial charge < -0.3 is 10.2 Å². The molecule has 0 aliphatic carbocycles. The first-order valence-electron chi connectivity index (χ1n) is 8.14. The predicted octanol–water partition coefficient (Wildman–Crippen LogP) is 1.98. The van der Waals surface area contributed by atoms with Crippen molar-refractivity contribution in [2.24, 2.45) is 0 Å². The minimum atomic E-state index is -2.93. The number of anilines is 1. The van der Waals surface area contributed by atoms with E-state index in [9.17, 15) is 8.42 Å². The number of aromatic nitrogens is 1. The molecular formula is C16H27N3O2S. The molecular weight excluding hydrogens is 298 g/mol. The molecule has 1 atom stereocenters. The van der Waals surface area contributed by atoms with E-state index in [0.29, 0.717) is 6.54 Å². The fraction of sp³-hybridized carbons (Fsp3) is 0.688. The summed E-state index contributed by atoms with van der Waals surface area (Å²) in [5.74, 6) is 1.42. The zero-order chi connectivity index (χ0) is 16.0. The maximum atomic E-state index is 11.6. The maximum Gasteiger partial charge on any atom is 0.151 e. The molecule has 1 aromatic heterocycles. The molecule has 0 unspecified atom stereocenters. The van der Waals surface area contributed by atoms with E-state index in [-0.39, 0.29) is 17.5 Å². The molecule has 0 aromatic carbocycles. The van der Waals surface area contributed by atoms with Crippen molar-refractivity contribution in [2.75, 3.05) is 29.5 Å². The standard InChI is InChI=1S/C16H27N3O2S/c1-3-22(20,21)13-14(2)18-12-15-7-8-17-16(11-15)19-9-5-4-6-10-19/h7-8,11,14,18H,3-6,9-10,12-13H2,1-2H3/t14-/m0/s1. The number of sulfone groups is 1. The lowest BCUT2D eigenvalue weighted by atomic mass is 10.1. The molecule has 0 amide bonds. The van der Waals surface area contributed by atoms with Crippen LogP contribution in [0.5, 0.6) is 0 Å². The van der Waals surface area contributed by atoms with E-state index in [1.807, 2.05) is 19.2 Å². The summed E-state index contributed by atoms with van der Waals surface area (Å²) in [4.78, 5) is 6.80. The highest BCUT2D eigenvalue weighted by Gasteiger charge is 2.14. The van der Waals surface area contributed by atoms with Crippen molar-refractivity contribution in [1.29, 1.82) is 0 Å². The van der Waals surface area contributed by atoms with Gasteiger partial charge in [-0.1, -0.05) is 6.92 Å². The molecule has 1 aromatic rings. The summed E-state index contributed by atoms with van der Waals surface area (Å²) in [6.45, 7) is 6.43. The Hall–Kier alpha value is -1.14. The zero-order valence-electron chi connectivity index (χ0n) is 13.6. The van der Waals surface area contributed by atoms with Crippen LogP contribution in [0.4, 0.5) is 5.82 Å². The van der Waals surface area contributed by atoms with Gasteiger partial charge in [0.1, 0.15) is 5.82 Å². The van der Waals surface area contributed by atoms with E-state index < -0.39 is 9.84 Å². The quantitative estimate of drug-likeness (QED) is 0.830. The van der Waals surface area contributed by atoms with Crippen LogP contribution in [0.2, 0.25) is 0 Å². The largest absolute Gasteiger partial charge is 0.357 e. The van der Waals surface area contributed by atoms with Crippen molar-refractivity contribution >= 4 is 15.7 Å². The molecule has 1 aliphatic heterocycles. The zero-order valence-corrected chi connectivity index (χ0v) is 14.4. The molecule has 2 heterocycles. The number of nitrogens with zero attached hydrogens (tertiary/aromatic N) is 2. The minimum Gasteiger partial charge on any atom is -0.357 e. The molecule has 0 bridgehead atoms. The molecule has 2 rings (SSSR count).